The summed E-state index contributed by atoms with van der Waals surface area (Å²) in [6.07, 6.45) is 7.02. The van der Waals surface area contributed by atoms with E-state index in [0.717, 1.165) is 30.1 Å². The maximum atomic E-state index is 13.2. The number of thiazole rings is 1. The molecule has 0 unspecified atom stereocenters. The van der Waals surface area contributed by atoms with Gasteiger partial charge in [-0.1, -0.05) is 11.6 Å². The lowest BCUT2D eigenvalue weighted by Gasteiger charge is -2.37. The van der Waals surface area contributed by atoms with Gasteiger partial charge in [-0.25, -0.2) is 4.98 Å². The van der Waals surface area contributed by atoms with Gasteiger partial charge >= 0.3 is 0 Å². The van der Waals surface area contributed by atoms with Crippen LogP contribution in [0.4, 0.5) is 0 Å². The van der Waals surface area contributed by atoms with Crippen molar-refractivity contribution in [3.05, 3.63) is 50.7 Å². The zero-order valence-corrected chi connectivity index (χ0v) is 23.5. The van der Waals surface area contributed by atoms with Gasteiger partial charge in [0.1, 0.15) is 0 Å². The summed E-state index contributed by atoms with van der Waals surface area (Å²) in [4.78, 5) is 52.2. The quantitative estimate of drug-likeness (QED) is 0.520. The Morgan fingerprint density at radius 2 is 1.97 bits per heavy atom. The van der Waals surface area contributed by atoms with Crippen molar-refractivity contribution in [2.24, 2.45) is 5.92 Å². The second-order valence-electron chi connectivity index (χ2n) is 9.55. The maximum Gasteiger partial charge on any atom is 0.280 e. The predicted octanol–water partition coefficient (Wildman–Crippen LogP) is 2.79. The summed E-state index contributed by atoms with van der Waals surface area (Å²) < 4.78 is 0. The standard InChI is InChI=1S/C25H31ClN6O3S.ClH/c1-31(2)25(35)15-4-8-18(28-22(33)9-7-17-6-5-16(26)13-27-17)20(12-15)29-23(34)24-30-19-10-11-32(3)14-21(19)36-24;/h5-7,9,13,15,18,20H,4,8,10-12,14H2,1-3H3,(H,28,33)(H,29,34);1H/t15-,18-,20+;/m0./s1. The van der Waals surface area contributed by atoms with Crippen LogP contribution in [-0.4, -0.2) is 77.3 Å². The molecule has 1 fully saturated rings. The van der Waals surface area contributed by atoms with E-state index >= 15 is 0 Å². The molecule has 4 rings (SSSR count). The molecule has 1 aliphatic heterocycles. The van der Waals surface area contributed by atoms with Crippen molar-refractivity contribution in [1.29, 1.82) is 0 Å². The minimum atomic E-state index is -0.394. The fraction of sp³-hybridized carbons (Fsp3) is 0.480. The minimum absolute atomic E-state index is 0. The first-order valence-electron chi connectivity index (χ1n) is 12.0. The highest BCUT2D eigenvalue weighted by molar-refractivity contribution is 7.13. The molecule has 3 atom stereocenters. The molecule has 0 radical (unpaired) electrons. The van der Waals surface area contributed by atoms with E-state index in [0.29, 0.717) is 35.0 Å². The number of carbonyl (C=O) groups is 3. The molecule has 37 heavy (non-hydrogen) atoms. The molecular weight excluding hydrogens is 535 g/mol. The van der Waals surface area contributed by atoms with E-state index in [1.807, 2.05) is 0 Å². The number of aromatic nitrogens is 2. The lowest BCUT2D eigenvalue weighted by Crippen LogP contribution is -2.55. The molecule has 2 aliphatic rings. The number of likely N-dealkylation sites (N-methyl/N-ethyl adjacent to an activating group) is 1. The Kier molecular flexibility index (Phi) is 10.1. The first-order valence-corrected chi connectivity index (χ1v) is 13.2. The van der Waals surface area contributed by atoms with Gasteiger partial charge in [-0.15, -0.1) is 23.7 Å². The number of nitrogens with one attached hydrogen (secondary N) is 2. The first kappa shape index (κ1) is 29.0. The topological polar surface area (TPSA) is 108 Å². The van der Waals surface area contributed by atoms with Crippen LogP contribution in [0.2, 0.25) is 5.02 Å². The Hall–Kier alpha value is -2.53. The van der Waals surface area contributed by atoms with Crippen molar-refractivity contribution in [2.75, 3.05) is 27.7 Å². The van der Waals surface area contributed by atoms with Crippen LogP contribution in [0, 0.1) is 5.92 Å². The molecule has 3 amide bonds. The molecule has 9 nitrogen and oxygen atoms in total. The lowest BCUT2D eigenvalue weighted by molar-refractivity contribution is -0.134. The lowest BCUT2D eigenvalue weighted by atomic mass is 9.81. The Balaban J connectivity index is 0.00000380. The number of pyridine rings is 1. The number of amides is 3. The van der Waals surface area contributed by atoms with Crippen LogP contribution in [0.25, 0.3) is 6.08 Å². The van der Waals surface area contributed by atoms with Crippen molar-refractivity contribution in [1.82, 2.24) is 30.4 Å². The van der Waals surface area contributed by atoms with Crippen molar-refractivity contribution < 1.29 is 14.4 Å². The van der Waals surface area contributed by atoms with Gasteiger partial charge in [0.2, 0.25) is 11.8 Å². The van der Waals surface area contributed by atoms with E-state index < -0.39 is 6.04 Å². The highest BCUT2D eigenvalue weighted by atomic mass is 35.5. The second-order valence-corrected chi connectivity index (χ2v) is 11.1. The number of carbonyl (C=O) groups excluding carboxylic acids is 3. The minimum Gasteiger partial charge on any atom is -0.349 e. The molecule has 1 aliphatic carbocycles. The summed E-state index contributed by atoms with van der Waals surface area (Å²) in [5.74, 6) is -0.743. The number of fused-ring (bicyclic) bond motifs is 1. The highest BCUT2D eigenvalue weighted by Gasteiger charge is 2.36. The summed E-state index contributed by atoms with van der Waals surface area (Å²) in [5.41, 5.74) is 1.59. The highest BCUT2D eigenvalue weighted by Crippen LogP contribution is 2.28. The molecule has 200 valence electrons. The average Bonchev–Trinajstić information content (AvgIpc) is 3.27. The molecular formula is C25H32Cl2N6O3S. The molecule has 0 saturated heterocycles. The van der Waals surface area contributed by atoms with Crippen molar-refractivity contribution in [3.63, 3.8) is 0 Å². The van der Waals surface area contributed by atoms with E-state index in [4.69, 9.17) is 11.6 Å². The summed E-state index contributed by atoms with van der Waals surface area (Å²) in [5, 5.41) is 7.03. The third-order valence-corrected chi connectivity index (χ3v) is 7.86. The maximum absolute atomic E-state index is 13.2. The van der Waals surface area contributed by atoms with Gasteiger partial charge in [-0.05, 0) is 44.5 Å². The fourth-order valence-electron chi connectivity index (χ4n) is 4.62. The zero-order valence-electron chi connectivity index (χ0n) is 21.1. The zero-order chi connectivity index (χ0) is 25.8. The Morgan fingerprint density at radius 3 is 2.68 bits per heavy atom. The summed E-state index contributed by atoms with van der Waals surface area (Å²) in [7, 11) is 5.52. The van der Waals surface area contributed by atoms with Crippen LogP contribution in [0.5, 0.6) is 0 Å². The molecule has 3 heterocycles. The van der Waals surface area contributed by atoms with Gasteiger partial charge in [0.15, 0.2) is 5.01 Å². The molecule has 2 aromatic heterocycles. The van der Waals surface area contributed by atoms with E-state index in [9.17, 15) is 14.4 Å². The smallest absolute Gasteiger partial charge is 0.280 e. The summed E-state index contributed by atoms with van der Waals surface area (Å²) >= 11 is 7.28. The van der Waals surface area contributed by atoms with E-state index in [1.54, 1.807) is 37.2 Å². The van der Waals surface area contributed by atoms with Gasteiger partial charge in [0, 0.05) is 62.7 Å². The third kappa shape index (κ3) is 7.50. The summed E-state index contributed by atoms with van der Waals surface area (Å²) in [6, 6.07) is 2.72. The van der Waals surface area contributed by atoms with Gasteiger partial charge < -0.3 is 20.4 Å². The van der Waals surface area contributed by atoms with Crippen LogP contribution >= 0.6 is 35.3 Å². The van der Waals surface area contributed by atoms with Crippen LogP contribution in [-0.2, 0) is 22.6 Å². The van der Waals surface area contributed by atoms with Gasteiger partial charge in [0.25, 0.3) is 5.91 Å². The van der Waals surface area contributed by atoms with Crippen LogP contribution in [0.3, 0.4) is 0 Å². The molecule has 1 saturated carbocycles. The fourth-order valence-corrected chi connectivity index (χ4v) is 5.82. The third-order valence-electron chi connectivity index (χ3n) is 6.56. The van der Waals surface area contributed by atoms with Gasteiger partial charge in [-0.2, -0.15) is 0 Å². The molecule has 12 heteroatoms. The Labute approximate surface area is 232 Å². The molecule has 0 aromatic carbocycles. The number of nitrogens with zero attached hydrogens (tertiary/aromatic N) is 4. The van der Waals surface area contributed by atoms with Crippen LogP contribution in [0.15, 0.2) is 24.4 Å². The number of halogens is 2. The van der Waals surface area contributed by atoms with E-state index in [2.05, 4.69) is 32.5 Å². The molecule has 0 bridgehead atoms. The van der Waals surface area contributed by atoms with E-state index in [1.165, 1.54) is 23.6 Å². The largest absolute Gasteiger partial charge is 0.349 e. The van der Waals surface area contributed by atoms with Crippen LogP contribution in [0.1, 0.15) is 45.3 Å². The van der Waals surface area contributed by atoms with Gasteiger partial charge in [-0.3, -0.25) is 19.4 Å². The van der Waals surface area contributed by atoms with Crippen LogP contribution < -0.4 is 10.6 Å². The van der Waals surface area contributed by atoms with Crippen molar-refractivity contribution in [2.45, 2.75) is 44.3 Å². The Morgan fingerprint density at radius 1 is 1.19 bits per heavy atom. The van der Waals surface area contributed by atoms with E-state index in [-0.39, 0.29) is 42.1 Å². The SMILES string of the molecule is CN1CCc2nc(C(=O)N[C@@H]3C[C@@H](C(=O)N(C)C)CC[C@@H]3NC(=O)C=Cc3ccc(Cl)cn3)sc2C1.Cl. The molecule has 2 N–H and O–H groups in total. The Bertz CT molecular complexity index is 1150. The van der Waals surface area contributed by atoms with Gasteiger partial charge in [0.05, 0.1) is 22.5 Å². The normalized spacial score (nSPS) is 21.6. The number of hydrogen-bond donors (Lipinski definition) is 2. The molecule has 2 aromatic rings. The number of rotatable bonds is 6. The molecule has 0 spiro atoms. The first-order chi connectivity index (χ1) is 17.2. The average molecular weight is 568 g/mol. The van der Waals surface area contributed by atoms with Crippen molar-refractivity contribution >= 4 is 59.1 Å². The second kappa shape index (κ2) is 12.8. The summed E-state index contributed by atoms with van der Waals surface area (Å²) in [6.45, 7) is 1.71. The predicted molar refractivity (Wildman–Crippen MR) is 147 cm³/mol. The number of hydrogen-bond acceptors (Lipinski definition) is 7. The monoisotopic (exact) mass is 566 g/mol. The van der Waals surface area contributed by atoms with Crippen molar-refractivity contribution in [3.8, 4) is 0 Å².